The van der Waals surface area contributed by atoms with Crippen LogP contribution in [-0.4, -0.2) is 37.4 Å². The smallest absolute Gasteiger partial charge is 0.0632 e. The van der Waals surface area contributed by atoms with E-state index in [0.717, 1.165) is 13.2 Å². The molecule has 0 bridgehead atoms. The molecule has 1 N–H and O–H groups in total. The molecule has 2 aromatic rings. The summed E-state index contributed by atoms with van der Waals surface area (Å²) in [7, 11) is 1.14. The predicted octanol–water partition coefficient (Wildman–Crippen LogP) is 4.24. The summed E-state index contributed by atoms with van der Waals surface area (Å²) >= 11 is 0. The molecule has 168 valence electrons. The standard InChI is InChI=1S/C29H31N2OP/c1-32-22-24-14-11-21-31(24)30-29(23-12-8-9-13-23)27-19-10-20-28(27)33(25-15-4-2-5-16-25)26-17-6-3-7-18-26/h2-10,12-13,15-20,24,29-30H,11,14,21-22H2,1H3/t24-,29-/m0/s1. The second-order valence-electron chi connectivity index (χ2n) is 8.60. The molecule has 2 aliphatic carbocycles. The van der Waals surface area contributed by atoms with Crippen LogP contribution in [0.15, 0.2) is 60.7 Å². The van der Waals surface area contributed by atoms with Crippen LogP contribution in [0.5, 0.6) is 0 Å². The number of benzene rings is 2. The van der Waals surface area contributed by atoms with E-state index in [1.54, 1.807) is 7.11 Å². The van der Waals surface area contributed by atoms with E-state index < -0.39 is 7.92 Å². The van der Waals surface area contributed by atoms with Crippen molar-refractivity contribution in [1.82, 2.24) is 10.4 Å². The number of nitrogens with zero attached hydrogens (tertiary/aromatic N) is 1. The molecule has 0 aromatic heterocycles. The molecular weight excluding hydrogens is 423 g/mol. The fourth-order valence-corrected chi connectivity index (χ4v) is 7.39. The summed E-state index contributed by atoms with van der Waals surface area (Å²) in [6.45, 7) is 1.81. The van der Waals surface area contributed by atoms with E-state index in [4.69, 9.17) is 4.74 Å². The van der Waals surface area contributed by atoms with Crippen molar-refractivity contribution in [2.24, 2.45) is 0 Å². The van der Waals surface area contributed by atoms with E-state index in [-0.39, 0.29) is 6.04 Å². The van der Waals surface area contributed by atoms with E-state index in [2.05, 4.69) is 116 Å². The predicted molar refractivity (Wildman–Crippen MR) is 137 cm³/mol. The van der Waals surface area contributed by atoms with Gasteiger partial charge in [0.1, 0.15) is 0 Å². The normalized spacial score (nSPS) is 24.2. The van der Waals surface area contributed by atoms with Gasteiger partial charge in [0.05, 0.1) is 6.61 Å². The zero-order chi connectivity index (χ0) is 22.5. The van der Waals surface area contributed by atoms with Crippen molar-refractivity contribution in [1.29, 1.82) is 0 Å². The Bertz CT molecular complexity index is 802. The number of hydrogen-bond donors (Lipinski definition) is 1. The van der Waals surface area contributed by atoms with Crippen LogP contribution in [0, 0.1) is 62.4 Å². The fraction of sp³-hybridized carbons (Fsp3) is 0.241. The monoisotopic (exact) mass is 454 g/mol. The summed E-state index contributed by atoms with van der Waals surface area (Å²) in [5, 5.41) is 5.17. The van der Waals surface area contributed by atoms with Crippen molar-refractivity contribution >= 4 is 18.5 Å². The molecule has 0 spiro atoms. The van der Waals surface area contributed by atoms with Gasteiger partial charge in [-0.2, -0.15) is 0 Å². The Morgan fingerprint density at radius 3 is 2.21 bits per heavy atom. The lowest BCUT2D eigenvalue weighted by atomic mass is 9.86. The first-order chi connectivity index (χ1) is 16.3. The van der Waals surface area contributed by atoms with Crippen LogP contribution in [0.3, 0.4) is 0 Å². The van der Waals surface area contributed by atoms with Gasteiger partial charge in [-0.3, -0.25) is 5.43 Å². The van der Waals surface area contributed by atoms with Crippen molar-refractivity contribution in [3.63, 3.8) is 0 Å². The van der Waals surface area contributed by atoms with Crippen LogP contribution in [-0.2, 0) is 4.74 Å². The zero-order valence-corrected chi connectivity index (χ0v) is 20.0. The van der Waals surface area contributed by atoms with E-state index >= 15 is 0 Å². The maximum atomic E-state index is 5.52. The van der Waals surface area contributed by atoms with Crippen molar-refractivity contribution in [2.75, 3.05) is 20.3 Å². The molecule has 10 radical (unpaired) electrons. The van der Waals surface area contributed by atoms with Gasteiger partial charge in [-0.15, -0.1) is 0 Å². The van der Waals surface area contributed by atoms with Gasteiger partial charge in [0.2, 0.25) is 0 Å². The number of rotatable bonds is 9. The van der Waals surface area contributed by atoms with Gasteiger partial charge >= 0.3 is 0 Å². The number of hydrogen-bond acceptors (Lipinski definition) is 3. The molecule has 0 unspecified atom stereocenters. The SMILES string of the molecule is COC[C@@H]1CCCN1N[C@@H]([C]1[CH][CH][CH][CH]1)[C]1[CH][CH][CH][C]1P(c1ccccc1)c1ccccc1. The number of nitrogens with one attached hydrogen (secondary N) is 1. The average molecular weight is 455 g/mol. The van der Waals surface area contributed by atoms with Gasteiger partial charge in [0.15, 0.2) is 0 Å². The van der Waals surface area contributed by atoms with Crippen molar-refractivity contribution in [3.05, 3.63) is 123 Å². The lowest BCUT2D eigenvalue weighted by Crippen LogP contribution is -2.53. The van der Waals surface area contributed by atoms with Gasteiger partial charge in [-0.25, -0.2) is 5.01 Å². The second-order valence-corrected chi connectivity index (χ2v) is 10.8. The summed E-state index contributed by atoms with van der Waals surface area (Å²) in [4.78, 5) is 0. The maximum absolute atomic E-state index is 5.52. The summed E-state index contributed by atoms with van der Waals surface area (Å²) in [5.74, 6) is 2.67. The summed E-state index contributed by atoms with van der Waals surface area (Å²) in [6.07, 6.45) is 18.0. The topological polar surface area (TPSA) is 24.5 Å². The second kappa shape index (κ2) is 11.5. The van der Waals surface area contributed by atoms with Gasteiger partial charge < -0.3 is 4.74 Å². The Labute approximate surface area is 202 Å². The van der Waals surface area contributed by atoms with E-state index in [0.29, 0.717) is 6.04 Å². The number of hydrazine groups is 1. The highest BCUT2D eigenvalue weighted by molar-refractivity contribution is 7.76. The molecule has 2 aromatic carbocycles. The van der Waals surface area contributed by atoms with Gasteiger partial charge in [-0.05, 0) is 76.3 Å². The molecule has 3 fully saturated rings. The van der Waals surface area contributed by atoms with Crippen LogP contribution in [0.1, 0.15) is 12.8 Å². The molecule has 3 aliphatic rings. The number of methoxy groups -OCH3 is 1. The van der Waals surface area contributed by atoms with Crippen molar-refractivity contribution in [3.8, 4) is 0 Å². The van der Waals surface area contributed by atoms with Gasteiger partial charge in [0.25, 0.3) is 0 Å². The third-order valence-corrected chi connectivity index (χ3v) is 8.98. The zero-order valence-electron chi connectivity index (χ0n) is 19.1. The van der Waals surface area contributed by atoms with Crippen LogP contribution < -0.4 is 16.0 Å². The highest BCUT2D eigenvalue weighted by Crippen LogP contribution is 2.58. The first kappa shape index (κ1) is 23.5. The van der Waals surface area contributed by atoms with Crippen LogP contribution in [0.2, 0.25) is 0 Å². The Hall–Kier alpha value is -1.25. The lowest BCUT2D eigenvalue weighted by molar-refractivity contribution is 0.0759. The lowest BCUT2D eigenvalue weighted by Gasteiger charge is -2.39. The Balaban J connectivity index is 1.45. The summed E-state index contributed by atoms with van der Waals surface area (Å²) in [6, 6.07) is 22.4. The average Bonchev–Trinajstić information content (AvgIpc) is 3.63. The molecule has 5 rings (SSSR count). The first-order valence-electron chi connectivity index (χ1n) is 11.7. The quantitative estimate of drug-likeness (QED) is 0.574. The Kier molecular flexibility index (Phi) is 8.15. The van der Waals surface area contributed by atoms with Gasteiger partial charge in [-0.1, -0.05) is 60.7 Å². The Morgan fingerprint density at radius 2 is 1.58 bits per heavy atom. The van der Waals surface area contributed by atoms with E-state index in [1.807, 2.05) is 0 Å². The molecule has 1 saturated heterocycles. The molecule has 2 atom stereocenters. The Morgan fingerprint density at radius 1 is 0.909 bits per heavy atom. The minimum Gasteiger partial charge on any atom is -0.383 e. The van der Waals surface area contributed by atoms with E-state index in [9.17, 15) is 0 Å². The molecule has 4 heteroatoms. The molecule has 3 nitrogen and oxygen atoms in total. The minimum atomic E-state index is -0.657. The van der Waals surface area contributed by atoms with Crippen LogP contribution in [0.25, 0.3) is 0 Å². The molecule has 33 heavy (non-hydrogen) atoms. The highest BCUT2D eigenvalue weighted by Gasteiger charge is 2.45. The molecule has 2 saturated carbocycles. The fourth-order valence-electron chi connectivity index (χ4n) is 4.90. The maximum Gasteiger partial charge on any atom is 0.0632 e. The van der Waals surface area contributed by atoms with Crippen LogP contribution >= 0.6 is 7.92 Å². The van der Waals surface area contributed by atoms with Crippen molar-refractivity contribution in [2.45, 2.75) is 24.9 Å². The molecule has 1 aliphatic heterocycles. The van der Waals surface area contributed by atoms with Crippen LogP contribution in [0.4, 0.5) is 0 Å². The summed E-state index contributed by atoms with van der Waals surface area (Å²) in [5.41, 5.74) is 5.34. The molecule has 0 amide bonds. The molecular formula is C29H31N2OP. The molecule has 1 heterocycles. The largest absolute Gasteiger partial charge is 0.383 e. The van der Waals surface area contributed by atoms with Crippen molar-refractivity contribution < 1.29 is 4.74 Å². The summed E-state index contributed by atoms with van der Waals surface area (Å²) < 4.78 is 5.52. The third-order valence-electron chi connectivity index (χ3n) is 6.46. The van der Waals surface area contributed by atoms with Gasteiger partial charge in [0, 0.05) is 43.2 Å². The minimum absolute atomic E-state index is 0.111. The third kappa shape index (κ3) is 5.38. The highest BCUT2D eigenvalue weighted by atomic mass is 31.1. The van der Waals surface area contributed by atoms with E-state index in [1.165, 1.54) is 40.9 Å². The number of ether oxygens (including phenoxy) is 1. The first-order valence-corrected chi connectivity index (χ1v) is 13.1.